The van der Waals surface area contributed by atoms with Crippen molar-refractivity contribution in [1.29, 1.82) is 0 Å². The van der Waals surface area contributed by atoms with E-state index < -0.39 is 23.1 Å². The van der Waals surface area contributed by atoms with Gasteiger partial charge in [-0.25, -0.2) is 0 Å². The second kappa shape index (κ2) is 10.7. The Kier molecular flexibility index (Phi) is 7.83. The zero-order valence-electron chi connectivity index (χ0n) is 21.3. The summed E-state index contributed by atoms with van der Waals surface area (Å²) >= 11 is 0. The lowest BCUT2D eigenvalue weighted by Gasteiger charge is -2.18. The van der Waals surface area contributed by atoms with Crippen molar-refractivity contribution in [2.75, 3.05) is 13.2 Å². The van der Waals surface area contributed by atoms with E-state index in [0.717, 1.165) is 42.9 Å². The average Bonchev–Trinajstić information content (AvgIpc) is 3.54. The van der Waals surface area contributed by atoms with Crippen LogP contribution in [0.3, 0.4) is 0 Å². The van der Waals surface area contributed by atoms with E-state index in [4.69, 9.17) is 9.57 Å². The summed E-state index contributed by atoms with van der Waals surface area (Å²) in [5.74, 6) is -0.814. The Bertz CT molecular complexity index is 1170. The number of hydrogen-bond acceptors (Lipinski definition) is 5. The molecule has 0 radical (unpaired) electrons. The Morgan fingerprint density at radius 1 is 1.22 bits per heavy atom. The number of carboxylic acid groups (broad SMARTS) is 1. The summed E-state index contributed by atoms with van der Waals surface area (Å²) in [6.07, 6.45) is -1.32. The third-order valence-electron chi connectivity index (χ3n) is 6.99. The third-order valence-corrected chi connectivity index (χ3v) is 6.99. The number of nitrogens with one attached hydrogen (secondary N) is 1. The average molecular weight is 519 g/mol. The van der Waals surface area contributed by atoms with Crippen LogP contribution >= 0.6 is 0 Å². The number of hydrogen-bond donors (Lipinski definition) is 2. The molecule has 2 aliphatic rings. The van der Waals surface area contributed by atoms with Crippen LogP contribution in [0.2, 0.25) is 0 Å². The maximum absolute atomic E-state index is 13.5. The quantitative estimate of drug-likeness (QED) is 0.277. The lowest BCUT2D eigenvalue weighted by molar-refractivity contribution is -0.143. The third kappa shape index (κ3) is 6.44. The Morgan fingerprint density at radius 3 is 2.62 bits per heavy atom. The highest BCUT2D eigenvalue weighted by Crippen LogP contribution is 2.46. The van der Waals surface area contributed by atoms with Crippen LogP contribution in [0.5, 0.6) is 5.75 Å². The van der Waals surface area contributed by atoms with E-state index in [1.165, 1.54) is 11.6 Å². The first kappa shape index (κ1) is 27.0. The van der Waals surface area contributed by atoms with Gasteiger partial charge < -0.3 is 20.0 Å². The highest BCUT2D eigenvalue weighted by atomic mass is 19.4. The molecule has 6 nitrogen and oxygen atoms in total. The molecule has 37 heavy (non-hydrogen) atoms. The fourth-order valence-corrected chi connectivity index (χ4v) is 4.52. The molecule has 9 heteroatoms. The molecule has 0 aliphatic heterocycles. The van der Waals surface area contributed by atoms with Gasteiger partial charge in [-0.05, 0) is 79.0 Å². The normalized spacial score (nSPS) is 18.6. The number of carbonyl (C=O) groups is 1. The molecule has 1 unspecified atom stereocenters. The van der Waals surface area contributed by atoms with Gasteiger partial charge in [0.2, 0.25) is 0 Å². The minimum atomic E-state index is -4.54. The predicted molar refractivity (Wildman–Crippen MR) is 134 cm³/mol. The van der Waals surface area contributed by atoms with E-state index in [9.17, 15) is 23.1 Å². The lowest BCUT2D eigenvalue weighted by Crippen LogP contribution is -2.32. The van der Waals surface area contributed by atoms with Gasteiger partial charge >= 0.3 is 12.1 Å². The molecule has 1 fully saturated rings. The number of aryl methyl sites for hydroxylation is 1. The fourth-order valence-electron chi connectivity index (χ4n) is 4.52. The maximum Gasteiger partial charge on any atom is 0.419 e. The fraction of sp³-hybridized carbons (Fsp3) is 0.500. The predicted octanol–water partition coefficient (Wildman–Crippen LogP) is 6.12. The van der Waals surface area contributed by atoms with Crippen molar-refractivity contribution in [2.24, 2.45) is 16.5 Å². The molecule has 2 N–H and O–H groups in total. The van der Waals surface area contributed by atoms with Gasteiger partial charge in [0, 0.05) is 12.6 Å². The number of halogens is 3. The van der Waals surface area contributed by atoms with Crippen molar-refractivity contribution in [1.82, 2.24) is 5.32 Å². The van der Waals surface area contributed by atoms with Crippen LogP contribution in [0, 0.1) is 11.3 Å². The Balaban J connectivity index is 1.37. The van der Waals surface area contributed by atoms with Crippen molar-refractivity contribution in [2.45, 2.75) is 65.3 Å². The molecule has 0 bridgehead atoms. The van der Waals surface area contributed by atoms with Gasteiger partial charge in [-0.1, -0.05) is 37.2 Å². The summed E-state index contributed by atoms with van der Waals surface area (Å²) in [5, 5.41) is 17.0. The number of oxime groups is 1. The van der Waals surface area contributed by atoms with E-state index in [-0.39, 0.29) is 30.9 Å². The lowest BCUT2D eigenvalue weighted by atomic mass is 10.0. The van der Waals surface area contributed by atoms with E-state index >= 15 is 0 Å². The maximum atomic E-state index is 13.5. The minimum Gasteiger partial charge on any atom is -0.493 e. The van der Waals surface area contributed by atoms with Crippen LogP contribution in [0.25, 0.3) is 0 Å². The highest BCUT2D eigenvalue weighted by Gasteiger charge is 2.50. The molecule has 0 saturated heterocycles. The minimum absolute atomic E-state index is 0.104. The van der Waals surface area contributed by atoms with E-state index in [1.54, 1.807) is 13.0 Å². The Hall–Kier alpha value is -3.07. The number of fused-ring (bicyclic) bond motifs is 1. The molecule has 0 aromatic heterocycles. The number of rotatable bonds is 11. The summed E-state index contributed by atoms with van der Waals surface area (Å²) in [6, 6.07) is 10.1. The summed E-state index contributed by atoms with van der Waals surface area (Å²) in [4.78, 5) is 16.8. The number of benzene rings is 2. The molecule has 0 spiro atoms. The molecule has 1 atom stereocenters. The monoisotopic (exact) mass is 518 g/mol. The van der Waals surface area contributed by atoms with Gasteiger partial charge in [0.25, 0.3) is 0 Å². The molecule has 2 aliphatic carbocycles. The molecule has 1 saturated carbocycles. The second-order valence-corrected chi connectivity index (χ2v) is 10.5. The molecule has 2 aromatic rings. The van der Waals surface area contributed by atoms with Crippen LogP contribution in [0.1, 0.15) is 73.9 Å². The van der Waals surface area contributed by atoms with Gasteiger partial charge in [-0.2, -0.15) is 13.2 Å². The van der Waals surface area contributed by atoms with Crippen molar-refractivity contribution in [3.8, 4) is 5.75 Å². The molecule has 200 valence electrons. The van der Waals surface area contributed by atoms with Crippen molar-refractivity contribution >= 4 is 11.7 Å². The summed E-state index contributed by atoms with van der Waals surface area (Å²) in [5.41, 5.74) is 2.75. The topological polar surface area (TPSA) is 80.2 Å². The molecule has 4 rings (SSSR count). The molecule has 0 heterocycles. The standard InChI is InChI=1S/C28H33F3N2O4/c1-17(2)14-36-25-9-4-19(12-23(25)28(29,30)31)15-37-33-18(3)20-5-7-22-21(13-20)6-8-24(22)32-16-27(10-11-27)26(34)35/h4-5,7,9,12-13,17,24,32H,6,8,10-11,14-16H2,1-3H3,(H,34,35)/b33-18+. The first-order chi connectivity index (χ1) is 17.5. The van der Waals surface area contributed by atoms with Gasteiger partial charge in [0.15, 0.2) is 0 Å². The molecule has 0 amide bonds. The number of carboxylic acids is 1. The number of ether oxygens (including phenoxy) is 1. The van der Waals surface area contributed by atoms with E-state index in [0.29, 0.717) is 17.8 Å². The number of nitrogens with zero attached hydrogens (tertiary/aromatic N) is 1. The summed E-state index contributed by atoms with van der Waals surface area (Å²) < 4.78 is 45.9. The summed E-state index contributed by atoms with van der Waals surface area (Å²) in [6.45, 7) is 6.11. The van der Waals surface area contributed by atoms with E-state index in [1.807, 2.05) is 32.0 Å². The van der Waals surface area contributed by atoms with Crippen LogP contribution in [0.15, 0.2) is 41.6 Å². The Labute approximate surface area is 214 Å². The number of aliphatic carboxylic acids is 1. The van der Waals surface area contributed by atoms with Crippen molar-refractivity contribution in [3.63, 3.8) is 0 Å². The summed E-state index contributed by atoms with van der Waals surface area (Å²) in [7, 11) is 0. The van der Waals surface area contributed by atoms with Crippen LogP contribution < -0.4 is 10.1 Å². The Morgan fingerprint density at radius 2 is 1.97 bits per heavy atom. The molecule has 2 aromatic carbocycles. The number of alkyl halides is 3. The SMILES string of the molecule is C/C(=N\OCc1ccc(OCC(C)C)c(C(F)(F)F)c1)c1ccc2c(c1)CCC2NCC1(C(=O)O)CC1. The van der Waals surface area contributed by atoms with Gasteiger partial charge in [-0.15, -0.1) is 0 Å². The molecular weight excluding hydrogens is 485 g/mol. The van der Waals surface area contributed by atoms with E-state index in [2.05, 4.69) is 10.5 Å². The van der Waals surface area contributed by atoms with Crippen molar-refractivity contribution < 1.29 is 32.6 Å². The van der Waals surface area contributed by atoms with Gasteiger partial charge in [0.1, 0.15) is 12.4 Å². The largest absolute Gasteiger partial charge is 0.493 e. The second-order valence-electron chi connectivity index (χ2n) is 10.5. The van der Waals surface area contributed by atoms with Gasteiger partial charge in [-0.3, -0.25) is 4.79 Å². The highest BCUT2D eigenvalue weighted by molar-refractivity contribution is 5.98. The van der Waals surface area contributed by atoms with Crippen LogP contribution in [-0.4, -0.2) is 29.9 Å². The molecular formula is C28H33F3N2O4. The zero-order chi connectivity index (χ0) is 26.8. The van der Waals surface area contributed by atoms with Crippen molar-refractivity contribution in [3.05, 3.63) is 64.2 Å². The zero-order valence-corrected chi connectivity index (χ0v) is 21.3. The van der Waals surface area contributed by atoms with Gasteiger partial charge in [0.05, 0.1) is 23.3 Å². The smallest absolute Gasteiger partial charge is 0.419 e. The first-order valence-electron chi connectivity index (χ1n) is 12.6. The van der Waals surface area contributed by atoms with Crippen LogP contribution in [0.4, 0.5) is 13.2 Å². The first-order valence-corrected chi connectivity index (χ1v) is 12.6. The van der Waals surface area contributed by atoms with Crippen LogP contribution in [-0.2, 0) is 28.8 Å².